The van der Waals surface area contributed by atoms with Crippen LogP contribution < -0.4 is 4.90 Å². The zero-order valence-corrected chi connectivity index (χ0v) is 18.4. The van der Waals surface area contributed by atoms with Gasteiger partial charge >= 0.3 is 5.97 Å². The molecule has 9 heteroatoms. The first-order valence-corrected chi connectivity index (χ1v) is 11.0. The molecular formula is C22H16Cl2N2O4S. The van der Waals surface area contributed by atoms with Gasteiger partial charge in [-0.25, -0.2) is 4.98 Å². The van der Waals surface area contributed by atoms with Crippen LogP contribution in [-0.4, -0.2) is 35.8 Å². The molecule has 31 heavy (non-hydrogen) atoms. The summed E-state index contributed by atoms with van der Waals surface area (Å²) in [6, 6.07) is 13.6. The Balaban J connectivity index is 1.36. The highest BCUT2D eigenvalue weighted by Crippen LogP contribution is 2.32. The Morgan fingerprint density at radius 2 is 1.71 bits per heavy atom. The number of hydrogen-bond acceptors (Lipinski definition) is 6. The lowest BCUT2D eigenvalue weighted by Gasteiger charge is -2.12. The van der Waals surface area contributed by atoms with Gasteiger partial charge in [0.2, 0.25) is 5.91 Å². The third kappa shape index (κ3) is 4.95. The van der Waals surface area contributed by atoms with Crippen molar-refractivity contribution in [1.82, 2.24) is 4.98 Å². The maximum Gasteiger partial charge on any atom is 0.311 e. The van der Waals surface area contributed by atoms with E-state index in [4.69, 9.17) is 27.9 Å². The van der Waals surface area contributed by atoms with Gasteiger partial charge in [0.25, 0.3) is 0 Å². The number of Topliss-reactive ketones (excluding diaryl/α,β-unsaturated/α-hetero) is 1. The lowest BCUT2D eigenvalue weighted by Crippen LogP contribution is -2.27. The van der Waals surface area contributed by atoms with Gasteiger partial charge < -0.3 is 4.74 Å². The molecule has 1 fully saturated rings. The van der Waals surface area contributed by atoms with E-state index in [9.17, 15) is 14.4 Å². The maximum atomic E-state index is 12.5. The van der Waals surface area contributed by atoms with Crippen LogP contribution in [0.15, 0.2) is 53.9 Å². The topological polar surface area (TPSA) is 76.6 Å². The van der Waals surface area contributed by atoms with Crippen molar-refractivity contribution in [1.29, 1.82) is 0 Å². The van der Waals surface area contributed by atoms with E-state index in [2.05, 4.69) is 4.98 Å². The number of ketones is 1. The molecule has 1 aromatic heterocycles. The maximum absolute atomic E-state index is 12.5. The largest absolute Gasteiger partial charge is 0.457 e. The third-order valence-electron chi connectivity index (χ3n) is 4.83. The highest BCUT2D eigenvalue weighted by molar-refractivity contribution is 7.14. The Bertz CT molecular complexity index is 1130. The average Bonchev–Trinajstić information content (AvgIpc) is 3.39. The van der Waals surface area contributed by atoms with Gasteiger partial charge in [0.15, 0.2) is 17.5 Å². The predicted molar refractivity (Wildman–Crippen MR) is 120 cm³/mol. The van der Waals surface area contributed by atoms with Crippen LogP contribution in [0, 0.1) is 5.92 Å². The van der Waals surface area contributed by atoms with E-state index in [-0.39, 0.29) is 31.3 Å². The Kier molecular flexibility index (Phi) is 6.36. The first kappa shape index (κ1) is 21.5. The number of halogens is 2. The molecular weight excluding hydrogens is 459 g/mol. The van der Waals surface area contributed by atoms with Crippen LogP contribution in [0.5, 0.6) is 0 Å². The average molecular weight is 475 g/mol. The molecule has 2 heterocycles. The van der Waals surface area contributed by atoms with Crippen molar-refractivity contribution in [3.05, 3.63) is 69.5 Å². The molecule has 6 nitrogen and oxygen atoms in total. The van der Waals surface area contributed by atoms with E-state index in [0.29, 0.717) is 20.7 Å². The number of amides is 1. The summed E-state index contributed by atoms with van der Waals surface area (Å²) in [5.41, 5.74) is 2.01. The number of carbonyl (C=O) groups is 3. The van der Waals surface area contributed by atoms with Crippen molar-refractivity contribution in [2.24, 2.45) is 5.92 Å². The molecule has 2 aromatic carbocycles. The number of carbonyl (C=O) groups excluding carboxylic acids is 3. The van der Waals surface area contributed by atoms with Gasteiger partial charge in [-0.1, -0.05) is 35.3 Å². The summed E-state index contributed by atoms with van der Waals surface area (Å²) in [6.45, 7) is -0.219. The van der Waals surface area contributed by atoms with Gasteiger partial charge in [-0.3, -0.25) is 19.3 Å². The molecule has 1 aliphatic heterocycles. The minimum atomic E-state index is -0.645. The number of ether oxygens (including phenoxy) is 1. The highest BCUT2D eigenvalue weighted by atomic mass is 35.5. The summed E-state index contributed by atoms with van der Waals surface area (Å²) in [6.07, 6.45) is 0.0177. The Morgan fingerprint density at radius 3 is 2.39 bits per heavy atom. The number of anilines is 1. The van der Waals surface area contributed by atoms with E-state index >= 15 is 0 Å². The number of aromatic nitrogens is 1. The number of thiazole rings is 1. The Morgan fingerprint density at radius 1 is 1.06 bits per heavy atom. The monoisotopic (exact) mass is 474 g/mol. The van der Waals surface area contributed by atoms with Crippen LogP contribution in [0.3, 0.4) is 0 Å². The van der Waals surface area contributed by atoms with Gasteiger partial charge in [0.1, 0.15) is 0 Å². The van der Waals surface area contributed by atoms with Gasteiger partial charge in [0, 0.05) is 39.5 Å². The van der Waals surface area contributed by atoms with Crippen molar-refractivity contribution in [3.8, 4) is 11.3 Å². The standard InChI is InChI=1S/C22H16Cl2N2O4S/c23-16-5-1-13(2-6-16)18-12-31-22(25-18)26-10-15(9-20(26)28)21(29)30-11-19(27)14-3-7-17(24)8-4-14/h1-8,12,15H,9-11H2. The van der Waals surface area contributed by atoms with E-state index in [1.54, 1.807) is 36.4 Å². The summed E-state index contributed by atoms with van der Waals surface area (Å²) < 4.78 is 5.16. The second kappa shape index (κ2) is 9.18. The molecule has 0 spiro atoms. The fraction of sp³-hybridized carbons (Fsp3) is 0.182. The summed E-state index contributed by atoms with van der Waals surface area (Å²) >= 11 is 13.0. The Labute approximate surface area is 192 Å². The van der Waals surface area contributed by atoms with Crippen molar-refractivity contribution < 1.29 is 19.1 Å². The van der Waals surface area contributed by atoms with Gasteiger partial charge in [-0.2, -0.15) is 0 Å². The quantitative estimate of drug-likeness (QED) is 0.375. The van der Waals surface area contributed by atoms with Gasteiger partial charge in [-0.15, -0.1) is 11.3 Å². The first-order chi connectivity index (χ1) is 14.9. The van der Waals surface area contributed by atoms with Crippen LogP contribution in [0.1, 0.15) is 16.8 Å². The predicted octanol–water partition coefficient (Wildman–Crippen LogP) is 4.90. The number of hydrogen-bond donors (Lipinski definition) is 0. The molecule has 0 N–H and O–H groups in total. The minimum absolute atomic E-state index is 0.0177. The fourth-order valence-electron chi connectivity index (χ4n) is 3.17. The molecule has 0 radical (unpaired) electrons. The molecule has 0 aliphatic carbocycles. The zero-order valence-electron chi connectivity index (χ0n) is 16.1. The molecule has 3 aromatic rings. The van der Waals surface area contributed by atoms with Crippen LogP contribution in [-0.2, 0) is 14.3 Å². The Hall–Kier alpha value is -2.74. The molecule has 1 amide bonds. The lowest BCUT2D eigenvalue weighted by molar-refractivity contribution is -0.147. The van der Waals surface area contributed by atoms with E-state index in [1.165, 1.54) is 16.2 Å². The number of nitrogens with zero attached hydrogens (tertiary/aromatic N) is 2. The molecule has 0 bridgehead atoms. The van der Waals surface area contributed by atoms with Crippen LogP contribution in [0.4, 0.5) is 5.13 Å². The molecule has 1 unspecified atom stereocenters. The lowest BCUT2D eigenvalue weighted by atomic mass is 10.1. The van der Waals surface area contributed by atoms with Crippen LogP contribution in [0.25, 0.3) is 11.3 Å². The summed E-state index contributed by atoms with van der Waals surface area (Å²) in [7, 11) is 0. The summed E-state index contributed by atoms with van der Waals surface area (Å²) in [5, 5.41) is 3.51. The van der Waals surface area contributed by atoms with Gasteiger partial charge in [-0.05, 0) is 36.4 Å². The number of rotatable bonds is 6. The summed E-state index contributed by atoms with van der Waals surface area (Å²) in [4.78, 5) is 43.0. The molecule has 1 saturated heterocycles. The third-order valence-corrected chi connectivity index (χ3v) is 6.20. The normalized spacial score (nSPS) is 15.9. The molecule has 1 atom stereocenters. The van der Waals surface area contributed by atoms with Crippen molar-refractivity contribution >= 4 is 57.3 Å². The first-order valence-electron chi connectivity index (χ1n) is 9.38. The number of benzene rings is 2. The van der Waals surface area contributed by atoms with Crippen molar-refractivity contribution in [2.45, 2.75) is 6.42 Å². The smallest absolute Gasteiger partial charge is 0.311 e. The molecule has 158 valence electrons. The van der Waals surface area contributed by atoms with E-state index in [0.717, 1.165) is 11.3 Å². The van der Waals surface area contributed by atoms with Crippen molar-refractivity contribution in [2.75, 3.05) is 18.1 Å². The second-order valence-corrected chi connectivity index (χ2v) is 8.67. The van der Waals surface area contributed by atoms with Crippen molar-refractivity contribution in [3.63, 3.8) is 0 Å². The van der Waals surface area contributed by atoms with E-state index < -0.39 is 11.9 Å². The molecule has 0 saturated carbocycles. The van der Waals surface area contributed by atoms with Crippen LogP contribution in [0.2, 0.25) is 10.0 Å². The number of esters is 1. The SMILES string of the molecule is O=C(COC(=O)C1CC(=O)N(c2nc(-c3ccc(Cl)cc3)cs2)C1)c1ccc(Cl)cc1. The minimum Gasteiger partial charge on any atom is -0.457 e. The van der Waals surface area contributed by atoms with Crippen LogP contribution >= 0.6 is 34.5 Å². The fourth-order valence-corrected chi connectivity index (χ4v) is 4.28. The molecule has 4 rings (SSSR count). The van der Waals surface area contributed by atoms with Gasteiger partial charge in [0.05, 0.1) is 11.6 Å². The summed E-state index contributed by atoms with van der Waals surface area (Å²) in [5.74, 6) is -1.76. The second-order valence-electron chi connectivity index (χ2n) is 6.97. The zero-order chi connectivity index (χ0) is 22.0. The highest BCUT2D eigenvalue weighted by Gasteiger charge is 2.37. The van der Waals surface area contributed by atoms with E-state index in [1.807, 2.05) is 17.5 Å². The molecule has 1 aliphatic rings.